The molecule has 2 aromatic carbocycles. The summed E-state index contributed by atoms with van der Waals surface area (Å²) in [5.41, 5.74) is 9.68. The van der Waals surface area contributed by atoms with Crippen LogP contribution >= 0.6 is 0 Å². The number of amides is 1. The SMILES string of the molecule is CN(CCOC(=O)NCc1ccc(COc2nc(N)nc3[nH]cnc23)cc1)c1ccc2nc(/C=C(\C#N)C(=O)O)oc2c1. The van der Waals surface area contributed by atoms with Gasteiger partial charge < -0.3 is 39.9 Å². The molecule has 15 heteroatoms. The molecule has 0 saturated carbocycles. The van der Waals surface area contributed by atoms with Crippen LogP contribution in [0.4, 0.5) is 16.4 Å². The van der Waals surface area contributed by atoms with E-state index in [1.165, 1.54) is 6.33 Å². The number of ether oxygens (including phenoxy) is 2. The summed E-state index contributed by atoms with van der Waals surface area (Å²) in [6, 6.07) is 14.3. The van der Waals surface area contributed by atoms with Crippen LogP contribution in [0.25, 0.3) is 28.3 Å². The molecule has 0 aliphatic rings. The number of oxazole rings is 1. The maximum absolute atomic E-state index is 12.2. The molecule has 0 spiro atoms. The molecule has 0 radical (unpaired) electrons. The van der Waals surface area contributed by atoms with Crippen molar-refractivity contribution in [3.63, 3.8) is 0 Å². The van der Waals surface area contributed by atoms with Crippen LogP contribution < -0.4 is 20.7 Å². The number of likely N-dealkylation sites (N-methyl/N-ethyl adjacent to an activating group) is 1. The van der Waals surface area contributed by atoms with Crippen LogP contribution in [-0.2, 0) is 22.7 Å². The molecule has 3 aromatic heterocycles. The number of fused-ring (bicyclic) bond motifs is 2. The van der Waals surface area contributed by atoms with Gasteiger partial charge in [0.05, 0.1) is 12.9 Å². The molecule has 1 amide bonds. The maximum Gasteiger partial charge on any atom is 0.407 e. The van der Waals surface area contributed by atoms with Gasteiger partial charge in [0.25, 0.3) is 0 Å². The van der Waals surface area contributed by atoms with Crippen molar-refractivity contribution >= 4 is 52.0 Å². The van der Waals surface area contributed by atoms with Gasteiger partial charge in [0.1, 0.15) is 30.4 Å². The molecule has 5 rings (SSSR count). The number of carboxylic acid groups (broad SMARTS) is 1. The number of carbonyl (C=O) groups is 2. The summed E-state index contributed by atoms with van der Waals surface area (Å²) in [5, 5.41) is 20.6. The minimum absolute atomic E-state index is 0.0143. The quantitative estimate of drug-likeness (QED) is 0.130. The minimum Gasteiger partial charge on any atom is -0.477 e. The fraction of sp³-hybridized carbons (Fsp3) is 0.179. The molecule has 0 atom stereocenters. The first-order chi connectivity index (χ1) is 20.8. The summed E-state index contributed by atoms with van der Waals surface area (Å²) in [5.74, 6) is -0.980. The maximum atomic E-state index is 12.2. The Kier molecular flexibility index (Phi) is 8.28. The number of nitriles is 1. The Morgan fingerprint density at radius 2 is 1.98 bits per heavy atom. The zero-order valence-electron chi connectivity index (χ0n) is 22.8. The van der Waals surface area contributed by atoms with Gasteiger partial charge >= 0.3 is 12.1 Å². The van der Waals surface area contributed by atoms with Crippen molar-refractivity contribution in [3.8, 4) is 11.9 Å². The average molecular weight is 584 g/mol. The predicted octanol–water partition coefficient (Wildman–Crippen LogP) is 3.01. The third kappa shape index (κ3) is 6.95. The molecule has 0 bridgehead atoms. The summed E-state index contributed by atoms with van der Waals surface area (Å²) in [6.07, 6.45) is 2.00. The molecule has 0 aliphatic carbocycles. The number of alkyl carbamates (subject to hydrolysis) is 1. The Hall–Kier alpha value is -6.17. The van der Waals surface area contributed by atoms with Crippen LogP contribution in [0, 0.1) is 11.3 Å². The lowest BCUT2D eigenvalue weighted by molar-refractivity contribution is -0.132. The zero-order valence-corrected chi connectivity index (χ0v) is 22.8. The second kappa shape index (κ2) is 12.6. The number of nitrogens with one attached hydrogen (secondary N) is 2. The van der Waals surface area contributed by atoms with E-state index in [0.29, 0.717) is 28.8 Å². The van der Waals surface area contributed by atoms with Crippen molar-refractivity contribution in [3.05, 3.63) is 71.4 Å². The number of anilines is 2. The lowest BCUT2D eigenvalue weighted by Gasteiger charge is -2.19. The molecule has 0 saturated heterocycles. The lowest BCUT2D eigenvalue weighted by atomic mass is 10.1. The van der Waals surface area contributed by atoms with Gasteiger partial charge in [-0.2, -0.15) is 15.2 Å². The smallest absolute Gasteiger partial charge is 0.407 e. The third-order valence-corrected chi connectivity index (χ3v) is 6.21. The van der Waals surface area contributed by atoms with E-state index in [0.717, 1.165) is 22.9 Å². The summed E-state index contributed by atoms with van der Waals surface area (Å²) in [6.45, 7) is 1.05. The molecular formula is C28H25N9O6. The van der Waals surface area contributed by atoms with Gasteiger partial charge in [0, 0.05) is 31.4 Å². The fourth-order valence-corrected chi connectivity index (χ4v) is 3.96. The molecule has 5 aromatic rings. The summed E-state index contributed by atoms with van der Waals surface area (Å²) >= 11 is 0. The second-order valence-electron chi connectivity index (χ2n) is 9.18. The number of rotatable bonds is 11. The first-order valence-corrected chi connectivity index (χ1v) is 12.8. The number of imidazole rings is 1. The van der Waals surface area contributed by atoms with Gasteiger partial charge in [-0.05, 0) is 23.3 Å². The Morgan fingerprint density at radius 1 is 1.19 bits per heavy atom. The molecule has 218 valence electrons. The second-order valence-corrected chi connectivity index (χ2v) is 9.18. The van der Waals surface area contributed by atoms with E-state index >= 15 is 0 Å². The van der Waals surface area contributed by atoms with Crippen molar-refractivity contribution in [2.24, 2.45) is 0 Å². The number of nitrogens with two attached hydrogens (primary N) is 1. The minimum atomic E-state index is -1.36. The number of benzene rings is 2. The van der Waals surface area contributed by atoms with Crippen LogP contribution in [0.2, 0.25) is 0 Å². The summed E-state index contributed by atoms with van der Waals surface area (Å²) in [4.78, 5) is 44.5. The average Bonchev–Trinajstić information content (AvgIpc) is 3.64. The number of carboxylic acids is 1. The van der Waals surface area contributed by atoms with Crippen LogP contribution in [0.3, 0.4) is 0 Å². The van der Waals surface area contributed by atoms with E-state index in [1.807, 2.05) is 36.2 Å². The number of nitrogen functional groups attached to an aromatic ring is 1. The van der Waals surface area contributed by atoms with Crippen molar-refractivity contribution in [2.75, 3.05) is 30.8 Å². The van der Waals surface area contributed by atoms with Gasteiger partial charge in [-0.1, -0.05) is 24.3 Å². The van der Waals surface area contributed by atoms with Crippen LogP contribution in [0.1, 0.15) is 17.0 Å². The monoisotopic (exact) mass is 583 g/mol. The standard InChI is InChI=1S/C28H25N9O6/c1-37(19-6-7-20-21(11-19)43-22(34-20)10-18(12-29)26(38)39)8-9-41-28(40)31-13-16-2-4-17(5-3-16)14-42-25-23-24(33-15-32-23)35-27(30)36-25/h2-7,10-11,15H,8-9,13-14H2,1H3,(H,31,40)(H,38,39)(H3,30,32,33,35,36)/b18-10+. The Labute approximate surface area is 243 Å². The van der Waals surface area contributed by atoms with Gasteiger partial charge in [-0.3, -0.25) is 0 Å². The van der Waals surface area contributed by atoms with Crippen molar-refractivity contribution in [1.82, 2.24) is 30.2 Å². The number of aromatic nitrogens is 5. The highest BCUT2D eigenvalue weighted by atomic mass is 16.5. The number of carbonyl (C=O) groups excluding carboxylic acids is 1. The molecule has 43 heavy (non-hydrogen) atoms. The number of nitrogens with zero attached hydrogens (tertiary/aromatic N) is 6. The number of aliphatic carboxylic acids is 1. The third-order valence-electron chi connectivity index (χ3n) is 6.21. The Bertz CT molecular complexity index is 1860. The topological polar surface area (TPSA) is 218 Å². The van der Waals surface area contributed by atoms with Gasteiger partial charge in [-0.15, -0.1) is 0 Å². The highest BCUT2D eigenvalue weighted by Crippen LogP contribution is 2.24. The van der Waals surface area contributed by atoms with Gasteiger partial charge in [0.15, 0.2) is 16.7 Å². The van der Waals surface area contributed by atoms with Gasteiger partial charge in [-0.25, -0.2) is 19.6 Å². The fourth-order valence-electron chi connectivity index (χ4n) is 3.96. The van der Waals surface area contributed by atoms with Crippen LogP contribution in [-0.4, -0.2) is 62.3 Å². The number of hydrogen-bond acceptors (Lipinski definition) is 12. The number of H-pyrrole nitrogens is 1. The summed E-state index contributed by atoms with van der Waals surface area (Å²) in [7, 11) is 1.82. The van der Waals surface area contributed by atoms with E-state index in [-0.39, 0.29) is 37.5 Å². The molecule has 0 fully saturated rings. The van der Waals surface area contributed by atoms with Gasteiger partial charge in [0.2, 0.25) is 17.7 Å². The molecule has 0 aliphatic heterocycles. The molecule has 5 N–H and O–H groups in total. The van der Waals surface area contributed by atoms with Crippen molar-refractivity contribution in [1.29, 1.82) is 5.26 Å². The van der Waals surface area contributed by atoms with E-state index in [1.54, 1.807) is 24.3 Å². The largest absolute Gasteiger partial charge is 0.477 e. The zero-order chi connectivity index (χ0) is 30.3. The molecule has 15 nitrogen and oxygen atoms in total. The summed E-state index contributed by atoms with van der Waals surface area (Å²) < 4.78 is 16.7. The molecule has 0 unspecified atom stereocenters. The first kappa shape index (κ1) is 28.4. The highest BCUT2D eigenvalue weighted by Gasteiger charge is 2.13. The first-order valence-electron chi connectivity index (χ1n) is 12.8. The Balaban J connectivity index is 1.06. The molecular weight excluding hydrogens is 558 g/mol. The van der Waals surface area contributed by atoms with E-state index in [9.17, 15) is 9.59 Å². The Morgan fingerprint density at radius 3 is 2.74 bits per heavy atom. The van der Waals surface area contributed by atoms with E-state index in [4.69, 9.17) is 30.0 Å². The highest BCUT2D eigenvalue weighted by molar-refractivity contribution is 5.96. The number of aromatic amines is 1. The number of hydrogen-bond donors (Lipinski definition) is 4. The van der Waals surface area contributed by atoms with Crippen LogP contribution in [0.15, 0.2) is 58.8 Å². The van der Waals surface area contributed by atoms with E-state index < -0.39 is 17.6 Å². The lowest BCUT2D eigenvalue weighted by Crippen LogP contribution is -2.28. The molecule has 3 heterocycles. The van der Waals surface area contributed by atoms with E-state index in [2.05, 4.69) is 30.2 Å². The normalized spacial score (nSPS) is 11.3. The van der Waals surface area contributed by atoms with Crippen molar-refractivity contribution in [2.45, 2.75) is 13.2 Å². The van der Waals surface area contributed by atoms with Crippen molar-refractivity contribution < 1.29 is 28.6 Å². The van der Waals surface area contributed by atoms with Crippen LogP contribution in [0.5, 0.6) is 5.88 Å². The predicted molar refractivity (Wildman–Crippen MR) is 154 cm³/mol.